The van der Waals surface area contributed by atoms with Crippen molar-refractivity contribution in [2.24, 2.45) is 0 Å². The van der Waals surface area contributed by atoms with Crippen molar-refractivity contribution in [3.63, 3.8) is 0 Å². The van der Waals surface area contributed by atoms with Gasteiger partial charge >= 0.3 is 0 Å². The summed E-state index contributed by atoms with van der Waals surface area (Å²) in [6.07, 6.45) is 3.98. The number of rotatable bonds is 7. The molecule has 1 unspecified atom stereocenters. The third kappa shape index (κ3) is 4.56. The van der Waals surface area contributed by atoms with E-state index in [1.165, 1.54) is 39.1 Å². The van der Waals surface area contributed by atoms with Crippen LogP contribution < -0.4 is 10.2 Å². The quantitative estimate of drug-likeness (QED) is 0.426. The first kappa shape index (κ1) is 22.2. The van der Waals surface area contributed by atoms with Crippen molar-refractivity contribution in [2.45, 2.75) is 44.3 Å². The van der Waals surface area contributed by atoms with E-state index >= 15 is 0 Å². The van der Waals surface area contributed by atoms with E-state index in [0.29, 0.717) is 21.6 Å². The number of hydrogen-bond acceptors (Lipinski definition) is 5. The van der Waals surface area contributed by atoms with Crippen molar-refractivity contribution in [3.05, 3.63) is 76.7 Å². The van der Waals surface area contributed by atoms with E-state index < -0.39 is 11.9 Å². The Bertz CT molecular complexity index is 1300. The molecule has 1 saturated carbocycles. The number of fused-ring (bicyclic) bond motifs is 1. The molecular weight excluding hydrogens is 453 g/mol. The van der Waals surface area contributed by atoms with Crippen LogP contribution in [0.1, 0.15) is 36.6 Å². The molecule has 2 heterocycles. The summed E-state index contributed by atoms with van der Waals surface area (Å²) in [5.74, 6) is -1.14. The predicted molar refractivity (Wildman–Crippen MR) is 129 cm³/mol. The molecule has 34 heavy (non-hydrogen) atoms. The lowest BCUT2D eigenvalue weighted by Gasteiger charge is -2.31. The van der Waals surface area contributed by atoms with Crippen LogP contribution >= 0.6 is 11.3 Å². The normalized spacial score (nSPS) is 14.9. The average molecular weight is 478 g/mol. The largest absolute Gasteiger partial charge is 0.351 e. The van der Waals surface area contributed by atoms with Gasteiger partial charge in [0, 0.05) is 16.6 Å². The van der Waals surface area contributed by atoms with Crippen LogP contribution in [0.5, 0.6) is 0 Å². The molecule has 0 saturated heterocycles. The summed E-state index contributed by atoms with van der Waals surface area (Å²) in [4.78, 5) is 29.5. The van der Waals surface area contributed by atoms with Gasteiger partial charge in [-0.05, 0) is 54.6 Å². The molecular formula is C25H24FN5O2S. The van der Waals surface area contributed by atoms with Gasteiger partial charge in [-0.15, -0.1) is 16.4 Å². The maximum Gasteiger partial charge on any atom is 0.249 e. The molecule has 0 radical (unpaired) electrons. The molecule has 5 rings (SSSR count). The van der Waals surface area contributed by atoms with Gasteiger partial charge in [-0.3, -0.25) is 14.5 Å². The summed E-state index contributed by atoms with van der Waals surface area (Å²) in [7, 11) is 0. The predicted octanol–water partition coefficient (Wildman–Crippen LogP) is 4.47. The Labute approximate surface area is 200 Å². The smallest absolute Gasteiger partial charge is 0.249 e. The Morgan fingerprint density at radius 2 is 1.94 bits per heavy atom. The van der Waals surface area contributed by atoms with Gasteiger partial charge in [0.15, 0.2) is 0 Å². The van der Waals surface area contributed by atoms with Gasteiger partial charge in [0.1, 0.15) is 23.9 Å². The number of nitrogens with one attached hydrogen (secondary N) is 1. The van der Waals surface area contributed by atoms with E-state index in [2.05, 4.69) is 15.6 Å². The van der Waals surface area contributed by atoms with E-state index in [-0.39, 0.29) is 24.4 Å². The van der Waals surface area contributed by atoms with Gasteiger partial charge in [0.25, 0.3) is 0 Å². The standard InChI is InChI=1S/C25H24FN5O2S/c26-17-7-5-10-19(15-17)31(23(32)16-30-21-12-4-3-11-20(21)28-29-30)24(22-13-6-14-34-22)25(33)27-18-8-1-2-9-18/h3-7,10-15,18,24H,1-2,8-9,16H2,(H,27,33). The topological polar surface area (TPSA) is 80.1 Å². The number of thiophene rings is 1. The van der Waals surface area contributed by atoms with Crippen LogP contribution in [0.3, 0.4) is 0 Å². The zero-order valence-electron chi connectivity index (χ0n) is 18.4. The number of anilines is 1. The summed E-state index contributed by atoms with van der Waals surface area (Å²) in [6.45, 7) is -0.143. The average Bonchev–Trinajstić information content (AvgIpc) is 3.60. The molecule has 174 valence electrons. The van der Waals surface area contributed by atoms with Crippen LogP contribution in [-0.4, -0.2) is 32.9 Å². The second-order valence-corrected chi connectivity index (χ2v) is 9.37. The molecule has 1 aliphatic rings. The summed E-state index contributed by atoms with van der Waals surface area (Å²) < 4.78 is 15.8. The summed E-state index contributed by atoms with van der Waals surface area (Å²) in [6, 6.07) is 15.9. The zero-order valence-corrected chi connectivity index (χ0v) is 19.2. The minimum absolute atomic E-state index is 0.0821. The van der Waals surface area contributed by atoms with E-state index in [1.807, 2.05) is 41.8 Å². The molecule has 0 aliphatic heterocycles. The highest BCUT2D eigenvalue weighted by atomic mass is 32.1. The molecule has 1 N–H and O–H groups in total. The lowest BCUT2D eigenvalue weighted by molar-refractivity contribution is -0.127. The van der Waals surface area contributed by atoms with Crippen molar-refractivity contribution >= 4 is 39.9 Å². The second-order valence-electron chi connectivity index (χ2n) is 8.39. The fraction of sp³-hybridized carbons (Fsp3) is 0.280. The van der Waals surface area contributed by atoms with Crippen LogP contribution in [0.4, 0.5) is 10.1 Å². The SMILES string of the molecule is O=C(NC1CCCC1)C(c1cccs1)N(C(=O)Cn1nnc2ccccc21)c1cccc(F)c1. The lowest BCUT2D eigenvalue weighted by Crippen LogP contribution is -2.47. The van der Waals surface area contributed by atoms with Gasteiger partial charge in [-0.1, -0.05) is 42.3 Å². The van der Waals surface area contributed by atoms with Gasteiger partial charge in [-0.2, -0.15) is 0 Å². The molecule has 9 heteroatoms. The van der Waals surface area contributed by atoms with Crippen molar-refractivity contribution in [1.82, 2.24) is 20.3 Å². The van der Waals surface area contributed by atoms with Gasteiger partial charge < -0.3 is 5.32 Å². The number of hydrogen-bond donors (Lipinski definition) is 1. The maximum atomic E-state index is 14.2. The Morgan fingerprint density at radius 1 is 1.12 bits per heavy atom. The van der Waals surface area contributed by atoms with Crippen molar-refractivity contribution in [3.8, 4) is 0 Å². The van der Waals surface area contributed by atoms with Crippen molar-refractivity contribution < 1.29 is 14.0 Å². The minimum atomic E-state index is -0.926. The maximum absolute atomic E-state index is 14.2. The second kappa shape index (κ2) is 9.72. The summed E-state index contributed by atoms with van der Waals surface area (Å²) >= 11 is 1.39. The zero-order chi connectivity index (χ0) is 23.5. The van der Waals surface area contributed by atoms with Gasteiger partial charge in [0.2, 0.25) is 11.8 Å². The highest BCUT2D eigenvalue weighted by molar-refractivity contribution is 7.10. The van der Waals surface area contributed by atoms with Crippen LogP contribution in [0, 0.1) is 5.82 Å². The minimum Gasteiger partial charge on any atom is -0.351 e. The fourth-order valence-corrected chi connectivity index (χ4v) is 5.29. The number of amides is 2. The van der Waals surface area contributed by atoms with Gasteiger partial charge in [0.05, 0.1) is 5.52 Å². The summed E-state index contributed by atoms with van der Waals surface area (Å²) in [5, 5.41) is 13.2. The molecule has 2 amide bonds. The fourth-order valence-electron chi connectivity index (χ4n) is 4.47. The third-order valence-electron chi connectivity index (χ3n) is 6.08. The van der Waals surface area contributed by atoms with Crippen molar-refractivity contribution in [2.75, 3.05) is 4.90 Å². The molecule has 2 aromatic heterocycles. The highest BCUT2D eigenvalue weighted by Crippen LogP contribution is 2.32. The number of benzene rings is 2. The Morgan fingerprint density at radius 3 is 2.71 bits per heavy atom. The van der Waals surface area contributed by atoms with E-state index in [9.17, 15) is 14.0 Å². The molecule has 4 aromatic rings. The number of carbonyl (C=O) groups is 2. The van der Waals surface area contributed by atoms with E-state index in [4.69, 9.17) is 0 Å². The summed E-state index contributed by atoms with van der Waals surface area (Å²) in [5.41, 5.74) is 1.69. The first-order valence-electron chi connectivity index (χ1n) is 11.3. The molecule has 0 spiro atoms. The molecule has 7 nitrogen and oxygen atoms in total. The molecule has 1 atom stereocenters. The van der Waals surface area contributed by atoms with Crippen LogP contribution in [-0.2, 0) is 16.1 Å². The molecule has 1 aliphatic carbocycles. The Balaban J connectivity index is 1.54. The van der Waals surface area contributed by atoms with Crippen LogP contribution in [0.15, 0.2) is 66.0 Å². The number of aromatic nitrogens is 3. The molecule has 2 aromatic carbocycles. The van der Waals surface area contributed by atoms with E-state index in [0.717, 1.165) is 25.7 Å². The first-order chi connectivity index (χ1) is 16.6. The molecule has 1 fully saturated rings. The van der Waals surface area contributed by atoms with Crippen LogP contribution in [0.25, 0.3) is 11.0 Å². The Kier molecular flexibility index (Phi) is 6.35. The van der Waals surface area contributed by atoms with Gasteiger partial charge in [-0.25, -0.2) is 9.07 Å². The lowest BCUT2D eigenvalue weighted by atomic mass is 10.1. The van der Waals surface area contributed by atoms with Crippen molar-refractivity contribution in [1.29, 1.82) is 0 Å². The number of para-hydroxylation sites is 1. The number of halogens is 1. The monoisotopic (exact) mass is 477 g/mol. The Hall–Kier alpha value is -3.59. The van der Waals surface area contributed by atoms with E-state index in [1.54, 1.807) is 6.07 Å². The highest BCUT2D eigenvalue weighted by Gasteiger charge is 2.35. The van der Waals surface area contributed by atoms with Crippen LogP contribution in [0.2, 0.25) is 0 Å². The number of nitrogens with zero attached hydrogens (tertiary/aromatic N) is 4. The third-order valence-corrected chi connectivity index (χ3v) is 7.01. The molecule has 0 bridgehead atoms. The number of carbonyl (C=O) groups excluding carboxylic acids is 2. The first-order valence-corrected chi connectivity index (χ1v) is 12.2.